The van der Waals surface area contributed by atoms with Gasteiger partial charge < -0.3 is 19.4 Å². The topological polar surface area (TPSA) is 85.6 Å². The van der Waals surface area contributed by atoms with Gasteiger partial charge in [-0.15, -0.1) is 0 Å². The molecule has 0 spiro atoms. The van der Waals surface area contributed by atoms with Crippen molar-refractivity contribution < 1.29 is 9.53 Å². The number of hydrogen-bond donors (Lipinski definition) is 0. The summed E-state index contributed by atoms with van der Waals surface area (Å²) in [5, 5.41) is 11.9. The molecular weight excluding hydrogens is 464 g/mol. The van der Waals surface area contributed by atoms with E-state index in [4.69, 9.17) is 14.7 Å². The number of aromatic nitrogens is 2. The van der Waals surface area contributed by atoms with Crippen LogP contribution in [0.15, 0.2) is 54.1 Å². The van der Waals surface area contributed by atoms with Crippen LogP contribution >= 0.6 is 0 Å². The van der Waals surface area contributed by atoms with Crippen LogP contribution in [-0.2, 0) is 17.8 Å². The van der Waals surface area contributed by atoms with Gasteiger partial charge in [-0.25, -0.2) is 0 Å². The van der Waals surface area contributed by atoms with Gasteiger partial charge in [0.2, 0.25) is 5.91 Å². The summed E-state index contributed by atoms with van der Waals surface area (Å²) in [7, 11) is 1.59. The van der Waals surface area contributed by atoms with Gasteiger partial charge in [0, 0.05) is 48.9 Å². The maximum Gasteiger partial charge on any atom is 0.318 e. The Labute approximate surface area is 217 Å². The molecule has 0 saturated carbocycles. The van der Waals surface area contributed by atoms with Gasteiger partial charge >= 0.3 is 6.01 Å². The largest absolute Gasteiger partial charge is 0.467 e. The Hall–Kier alpha value is -4.12. The molecule has 1 aromatic heterocycles. The number of hydrogen-bond acceptors (Lipinski definition) is 7. The molecule has 1 amide bonds. The second kappa shape index (κ2) is 10.5. The number of piperazine rings is 1. The SMILES string of the molecule is COc1nc2c(c(N3CCN(C(=O)C=C(C)C)C(CC#N)C3)n1)CCN(c1cccc3ccccc13)C2. The van der Waals surface area contributed by atoms with Crippen molar-refractivity contribution in [3.63, 3.8) is 0 Å². The fraction of sp³-hybridized carbons (Fsp3) is 0.379. The number of benzene rings is 2. The predicted octanol–water partition coefficient (Wildman–Crippen LogP) is 4.10. The van der Waals surface area contributed by atoms with Crippen LogP contribution in [0.1, 0.15) is 31.5 Å². The number of allylic oxidation sites excluding steroid dienone is 1. The van der Waals surface area contributed by atoms with Gasteiger partial charge in [-0.1, -0.05) is 42.0 Å². The van der Waals surface area contributed by atoms with E-state index >= 15 is 0 Å². The van der Waals surface area contributed by atoms with E-state index in [-0.39, 0.29) is 18.4 Å². The number of carbonyl (C=O) groups excluding carboxylic acids is 1. The number of anilines is 2. The lowest BCUT2D eigenvalue weighted by Gasteiger charge is -2.42. The second-order valence-electron chi connectivity index (χ2n) is 9.84. The Morgan fingerprint density at radius 2 is 1.92 bits per heavy atom. The fourth-order valence-electron chi connectivity index (χ4n) is 5.38. The van der Waals surface area contributed by atoms with Crippen molar-refractivity contribution >= 4 is 28.2 Å². The Morgan fingerprint density at radius 1 is 1.11 bits per heavy atom. The number of carbonyl (C=O) groups is 1. The third-order valence-corrected chi connectivity index (χ3v) is 7.12. The number of ether oxygens (including phenoxy) is 1. The number of rotatable bonds is 5. The zero-order valence-corrected chi connectivity index (χ0v) is 21.6. The van der Waals surface area contributed by atoms with E-state index in [1.807, 2.05) is 18.7 Å². The Bertz CT molecular complexity index is 1390. The average Bonchev–Trinajstić information content (AvgIpc) is 2.91. The van der Waals surface area contributed by atoms with Crippen molar-refractivity contribution in [3.8, 4) is 12.1 Å². The van der Waals surface area contributed by atoms with Crippen LogP contribution in [0, 0.1) is 11.3 Å². The zero-order valence-electron chi connectivity index (χ0n) is 21.6. The summed E-state index contributed by atoms with van der Waals surface area (Å²) in [5.74, 6) is 0.824. The lowest BCUT2D eigenvalue weighted by molar-refractivity contribution is -0.128. The number of nitrogens with zero attached hydrogens (tertiary/aromatic N) is 6. The van der Waals surface area contributed by atoms with E-state index in [0.717, 1.165) is 35.6 Å². The summed E-state index contributed by atoms with van der Waals surface area (Å²) in [6, 6.07) is 17.3. The molecule has 2 aromatic carbocycles. The Kier molecular flexibility index (Phi) is 6.95. The molecule has 1 saturated heterocycles. The summed E-state index contributed by atoms with van der Waals surface area (Å²) < 4.78 is 5.51. The molecule has 8 nitrogen and oxygen atoms in total. The molecule has 2 aliphatic rings. The Morgan fingerprint density at radius 3 is 2.70 bits per heavy atom. The Balaban J connectivity index is 1.45. The molecule has 5 rings (SSSR count). The number of nitriles is 1. The minimum Gasteiger partial charge on any atom is -0.467 e. The monoisotopic (exact) mass is 496 g/mol. The van der Waals surface area contributed by atoms with Crippen molar-refractivity contribution in [2.75, 3.05) is 43.1 Å². The molecule has 1 fully saturated rings. The fourth-order valence-corrected chi connectivity index (χ4v) is 5.38. The summed E-state index contributed by atoms with van der Waals surface area (Å²) in [6.45, 7) is 7.07. The highest BCUT2D eigenvalue weighted by Crippen LogP contribution is 2.34. The first kappa shape index (κ1) is 24.6. The lowest BCUT2D eigenvalue weighted by Crippen LogP contribution is -2.55. The van der Waals surface area contributed by atoms with Crippen molar-refractivity contribution in [3.05, 3.63) is 65.4 Å². The molecule has 0 radical (unpaired) electrons. The van der Waals surface area contributed by atoms with Crippen LogP contribution in [0.25, 0.3) is 10.8 Å². The van der Waals surface area contributed by atoms with Crippen molar-refractivity contribution in [1.29, 1.82) is 5.26 Å². The molecule has 190 valence electrons. The highest BCUT2D eigenvalue weighted by atomic mass is 16.5. The maximum absolute atomic E-state index is 12.8. The lowest BCUT2D eigenvalue weighted by atomic mass is 10.0. The second-order valence-corrected chi connectivity index (χ2v) is 9.84. The van der Waals surface area contributed by atoms with Gasteiger partial charge in [0.25, 0.3) is 0 Å². The first-order chi connectivity index (χ1) is 18.0. The summed E-state index contributed by atoms with van der Waals surface area (Å²) in [4.78, 5) is 28.7. The third kappa shape index (κ3) is 4.94. The number of fused-ring (bicyclic) bond motifs is 2. The minimum atomic E-state index is -0.200. The summed E-state index contributed by atoms with van der Waals surface area (Å²) in [6.07, 6.45) is 2.73. The minimum absolute atomic E-state index is 0.0343. The maximum atomic E-state index is 12.8. The molecule has 37 heavy (non-hydrogen) atoms. The standard InChI is InChI=1S/C29H32N6O2/c1-20(2)17-27(36)35-16-15-34(18-22(35)11-13-30)28-24-12-14-33(19-25(24)31-29(32-28)37-3)26-10-6-8-21-7-4-5-9-23(21)26/h4-10,17,22H,11-12,14-16,18-19H2,1-3H3. The molecule has 0 bridgehead atoms. The highest BCUT2D eigenvalue weighted by Gasteiger charge is 2.33. The first-order valence-electron chi connectivity index (χ1n) is 12.7. The number of methoxy groups -OCH3 is 1. The predicted molar refractivity (Wildman–Crippen MR) is 145 cm³/mol. The zero-order chi connectivity index (χ0) is 25.9. The number of amides is 1. The van der Waals surface area contributed by atoms with Crippen LogP contribution in [0.3, 0.4) is 0 Å². The highest BCUT2D eigenvalue weighted by molar-refractivity contribution is 5.94. The van der Waals surface area contributed by atoms with E-state index in [0.29, 0.717) is 32.2 Å². The van der Waals surface area contributed by atoms with Gasteiger partial charge in [-0.2, -0.15) is 15.2 Å². The van der Waals surface area contributed by atoms with E-state index in [1.165, 1.54) is 16.5 Å². The molecule has 1 atom stereocenters. The average molecular weight is 497 g/mol. The van der Waals surface area contributed by atoms with Crippen LogP contribution in [0.5, 0.6) is 6.01 Å². The third-order valence-electron chi connectivity index (χ3n) is 7.12. The van der Waals surface area contributed by atoms with Crippen LogP contribution < -0.4 is 14.5 Å². The summed E-state index contributed by atoms with van der Waals surface area (Å²) >= 11 is 0. The van der Waals surface area contributed by atoms with Crippen LogP contribution in [-0.4, -0.2) is 60.1 Å². The van der Waals surface area contributed by atoms with Crippen molar-refractivity contribution in [2.24, 2.45) is 0 Å². The van der Waals surface area contributed by atoms with E-state index in [9.17, 15) is 10.1 Å². The molecule has 1 unspecified atom stereocenters. The molecule has 0 N–H and O–H groups in total. The van der Waals surface area contributed by atoms with Gasteiger partial charge in [0.15, 0.2) is 0 Å². The van der Waals surface area contributed by atoms with E-state index in [2.05, 4.69) is 58.3 Å². The van der Waals surface area contributed by atoms with Gasteiger partial charge in [0.05, 0.1) is 37.9 Å². The van der Waals surface area contributed by atoms with Crippen LogP contribution in [0.2, 0.25) is 0 Å². The molecule has 3 heterocycles. The van der Waals surface area contributed by atoms with E-state index in [1.54, 1.807) is 13.2 Å². The van der Waals surface area contributed by atoms with Gasteiger partial charge in [-0.3, -0.25) is 4.79 Å². The van der Waals surface area contributed by atoms with Crippen molar-refractivity contribution in [1.82, 2.24) is 14.9 Å². The van der Waals surface area contributed by atoms with Gasteiger partial charge in [0.1, 0.15) is 5.82 Å². The van der Waals surface area contributed by atoms with Gasteiger partial charge in [-0.05, 0) is 31.7 Å². The molecular formula is C29H32N6O2. The summed E-state index contributed by atoms with van der Waals surface area (Å²) in [5.41, 5.74) is 4.23. The normalized spacial score (nSPS) is 17.2. The van der Waals surface area contributed by atoms with E-state index < -0.39 is 0 Å². The van der Waals surface area contributed by atoms with Crippen LogP contribution in [0.4, 0.5) is 11.5 Å². The van der Waals surface area contributed by atoms with Crippen molar-refractivity contribution in [2.45, 2.75) is 39.3 Å². The molecule has 0 aliphatic carbocycles. The molecule has 8 heteroatoms. The molecule has 2 aliphatic heterocycles. The first-order valence-corrected chi connectivity index (χ1v) is 12.7. The quantitative estimate of drug-likeness (QED) is 0.492. The smallest absolute Gasteiger partial charge is 0.318 e. The molecule has 3 aromatic rings.